The molecule has 5 aromatic rings. The zero-order chi connectivity index (χ0) is 26.1. The molecule has 2 N–H and O–H groups in total. The van der Waals surface area contributed by atoms with Gasteiger partial charge in [0.15, 0.2) is 5.82 Å². The van der Waals surface area contributed by atoms with E-state index in [2.05, 4.69) is 79.6 Å². The second kappa shape index (κ2) is 10.5. The molecule has 3 aromatic heterocycles. The van der Waals surface area contributed by atoms with Gasteiger partial charge in [-0.3, -0.25) is 0 Å². The molecule has 2 aromatic carbocycles. The molecule has 0 saturated heterocycles. The van der Waals surface area contributed by atoms with Crippen LogP contribution in [-0.2, 0) is 6.54 Å². The van der Waals surface area contributed by atoms with E-state index in [1.165, 1.54) is 32.1 Å². The van der Waals surface area contributed by atoms with Crippen LogP contribution < -0.4 is 0 Å². The van der Waals surface area contributed by atoms with Gasteiger partial charge in [-0.05, 0) is 40.0 Å². The zero-order valence-corrected chi connectivity index (χ0v) is 22.3. The van der Waals surface area contributed by atoms with Gasteiger partial charge in [-0.1, -0.05) is 93.4 Å². The second-order valence-corrected chi connectivity index (χ2v) is 11.4. The molecule has 194 valence electrons. The van der Waals surface area contributed by atoms with Crippen LogP contribution >= 0.6 is 11.8 Å². The summed E-state index contributed by atoms with van der Waals surface area (Å²) in [5.41, 5.74) is 5.58. The lowest BCUT2D eigenvalue weighted by Crippen LogP contribution is -2.09. The van der Waals surface area contributed by atoms with Crippen LogP contribution in [0.5, 0.6) is 5.88 Å². The number of benzene rings is 2. The van der Waals surface area contributed by atoms with Gasteiger partial charge in [-0.15, -0.1) is 15.3 Å². The quantitative estimate of drug-likeness (QED) is 0.266. The van der Waals surface area contributed by atoms with E-state index in [9.17, 15) is 5.11 Å². The predicted octanol–water partition coefficient (Wildman–Crippen LogP) is 5.98. The van der Waals surface area contributed by atoms with Crippen LogP contribution in [0.3, 0.4) is 0 Å². The molecule has 3 heterocycles. The highest BCUT2D eigenvalue weighted by molar-refractivity contribution is 8.00. The van der Waals surface area contributed by atoms with Gasteiger partial charge >= 0.3 is 0 Å². The summed E-state index contributed by atoms with van der Waals surface area (Å²) in [5.74, 6) is 1.66. The Bertz CT molecular complexity index is 1540. The topological polar surface area (TPSA) is 118 Å². The number of rotatable bonds is 7. The summed E-state index contributed by atoms with van der Waals surface area (Å²) >= 11 is 1.77. The molecular weight excluding hydrogens is 496 g/mol. The van der Waals surface area contributed by atoms with Crippen molar-refractivity contribution in [3.8, 4) is 28.4 Å². The van der Waals surface area contributed by atoms with Crippen molar-refractivity contribution in [3.63, 3.8) is 0 Å². The molecular formula is C28H30N8OS. The molecule has 38 heavy (non-hydrogen) atoms. The number of hydrogen-bond donors (Lipinski definition) is 2. The number of nitrogens with one attached hydrogen (secondary N) is 1. The van der Waals surface area contributed by atoms with E-state index < -0.39 is 0 Å². The molecule has 0 aliphatic heterocycles. The van der Waals surface area contributed by atoms with E-state index in [0.717, 1.165) is 38.6 Å². The van der Waals surface area contributed by atoms with Crippen molar-refractivity contribution in [2.45, 2.75) is 68.7 Å². The lowest BCUT2D eigenvalue weighted by atomic mass is 9.98. The van der Waals surface area contributed by atoms with Crippen molar-refractivity contribution in [2.24, 2.45) is 0 Å². The molecule has 0 amide bonds. The Labute approximate surface area is 225 Å². The van der Waals surface area contributed by atoms with E-state index in [1.807, 2.05) is 18.2 Å². The summed E-state index contributed by atoms with van der Waals surface area (Å²) in [6.07, 6.45) is 6.20. The maximum absolute atomic E-state index is 10.8. The Hall–Kier alpha value is -3.79. The van der Waals surface area contributed by atoms with E-state index in [1.54, 1.807) is 11.8 Å². The SMILES string of the molecule is CC(C)c1nc2c(SC3CCCCC3)nnc(O)c2n1Cc1ccc(-c2ccccc2-c2nnn[nH]2)cc1. The number of fused-ring (bicyclic) bond motifs is 1. The summed E-state index contributed by atoms with van der Waals surface area (Å²) in [4.78, 5) is 5.00. The average Bonchev–Trinajstić information content (AvgIpc) is 3.61. The Morgan fingerprint density at radius 2 is 1.74 bits per heavy atom. The molecule has 0 radical (unpaired) electrons. The minimum atomic E-state index is -0.0707. The molecule has 1 saturated carbocycles. The van der Waals surface area contributed by atoms with Crippen LogP contribution in [-0.4, -0.2) is 50.7 Å². The number of tetrazole rings is 1. The van der Waals surface area contributed by atoms with Crippen molar-refractivity contribution < 1.29 is 5.11 Å². The normalized spacial score (nSPS) is 14.5. The van der Waals surface area contributed by atoms with Gasteiger partial charge < -0.3 is 9.67 Å². The minimum absolute atomic E-state index is 0.0707. The number of thioether (sulfide) groups is 1. The number of imidazole rings is 1. The Kier molecular flexibility index (Phi) is 6.80. The minimum Gasteiger partial charge on any atom is -0.491 e. The molecule has 1 aliphatic rings. The third kappa shape index (κ3) is 4.76. The van der Waals surface area contributed by atoms with E-state index in [0.29, 0.717) is 23.1 Å². The molecule has 0 unspecified atom stereocenters. The highest BCUT2D eigenvalue weighted by Gasteiger charge is 2.24. The van der Waals surface area contributed by atoms with E-state index >= 15 is 0 Å². The number of aromatic nitrogens is 8. The van der Waals surface area contributed by atoms with Gasteiger partial charge in [-0.2, -0.15) is 0 Å². The van der Waals surface area contributed by atoms with E-state index in [-0.39, 0.29) is 11.8 Å². The van der Waals surface area contributed by atoms with Gasteiger partial charge in [-0.25, -0.2) is 10.1 Å². The third-order valence-corrected chi connectivity index (χ3v) is 8.43. The van der Waals surface area contributed by atoms with Crippen molar-refractivity contribution in [1.82, 2.24) is 40.4 Å². The molecule has 0 bridgehead atoms. The monoisotopic (exact) mass is 526 g/mol. The Balaban J connectivity index is 1.34. The van der Waals surface area contributed by atoms with Crippen molar-refractivity contribution in [1.29, 1.82) is 0 Å². The fourth-order valence-electron chi connectivity index (χ4n) is 5.24. The summed E-state index contributed by atoms with van der Waals surface area (Å²) in [6, 6.07) is 16.5. The molecule has 0 atom stereocenters. The smallest absolute Gasteiger partial charge is 0.257 e. The summed E-state index contributed by atoms with van der Waals surface area (Å²) < 4.78 is 2.10. The van der Waals surface area contributed by atoms with Gasteiger partial charge in [0.25, 0.3) is 5.88 Å². The Morgan fingerprint density at radius 1 is 0.974 bits per heavy atom. The van der Waals surface area contributed by atoms with Crippen LogP contribution in [0.1, 0.15) is 63.3 Å². The maximum atomic E-state index is 10.8. The lowest BCUT2D eigenvalue weighted by molar-refractivity contribution is 0.446. The molecule has 1 aliphatic carbocycles. The van der Waals surface area contributed by atoms with E-state index in [4.69, 9.17) is 4.98 Å². The predicted molar refractivity (Wildman–Crippen MR) is 148 cm³/mol. The highest BCUT2D eigenvalue weighted by atomic mass is 32.2. The Morgan fingerprint density at radius 3 is 2.45 bits per heavy atom. The second-order valence-electron chi connectivity index (χ2n) is 10.1. The summed E-state index contributed by atoms with van der Waals surface area (Å²) in [5, 5.41) is 35.0. The van der Waals surface area contributed by atoms with Crippen LogP contribution in [0.4, 0.5) is 0 Å². The maximum Gasteiger partial charge on any atom is 0.257 e. The molecule has 9 nitrogen and oxygen atoms in total. The summed E-state index contributed by atoms with van der Waals surface area (Å²) in [7, 11) is 0. The van der Waals surface area contributed by atoms with Gasteiger partial charge in [0.05, 0.1) is 0 Å². The lowest BCUT2D eigenvalue weighted by Gasteiger charge is -2.20. The first-order valence-electron chi connectivity index (χ1n) is 13.1. The largest absolute Gasteiger partial charge is 0.491 e. The van der Waals surface area contributed by atoms with Gasteiger partial charge in [0, 0.05) is 23.3 Å². The third-order valence-electron chi connectivity index (χ3n) is 7.13. The van der Waals surface area contributed by atoms with Gasteiger partial charge in [0.1, 0.15) is 21.9 Å². The number of hydrogen-bond acceptors (Lipinski definition) is 8. The van der Waals surface area contributed by atoms with Gasteiger partial charge in [0.2, 0.25) is 0 Å². The molecule has 0 spiro atoms. The molecule has 1 fully saturated rings. The number of aromatic hydroxyl groups is 1. The van der Waals surface area contributed by atoms with Crippen molar-refractivity contribution in [2.75, 3.05) is 0 Å². The first-order valence-corrected chi connectivity index (χ1v) is 14.0. The fourth-order valence-corrected chi connectivity index (χ4v) is 6.47. The number of aromatic amines is 1. The highest BCUT2D eigenvalue weighted by Crippen LogP contribution is 2.38. The first kappa shape index (κ1) is 24.5. The number of nitrogens with zero attached hydrogens (tertiary/aromatic N) is 7. The molecule has 10 heteroatoms. The van der Waals surface area contributed by atoms with Crippen LogP contribution in [0.25, 0.3) is 33.5 Å². The van der Waals surface area contributed by atoms with Crippen LogP contribution in [0.2, 0.25) is 0 Å². The van der Waals surface area contributed by atoms with Crippen LogP contribution in [0, 0.1) is 0 Å². The first-order chi connectivity index (χ1) is 18.6. The molecule has 6 rings (SSSR count). The van der Waals surface area contributed by atoms with Crippen molar-refractivity contribution in [3.05, 3.63) is 59.9 Å². The standard InChI is InChI=1S/C28H30N8OS/c1-17(2)26-29-23-24(27(37)32-33-28(23)38-20-8-4-3-5-9-20)36(26)16-18-12-14-19(15-13-18)21-10-6-7-11-22(21)25-30-34-35-31-25/h6-7,10-15,17,20H,3-5,8-9,16H2,1-2H3,(H,32,37)(H,30,31,34,35). The average molecular weight is 527 g/mol. The number of H-pyrrole nitrogens is 1. The fraction of sp³-hybridized carbons (Fsp3) is 0.357. The van der Waals surface area contributed by atoms with Crippen LogP contribution in [0.15, 0.2) is 53.6 Å². The zero-order valence-electron chi connectivity index (χ0n) is 21.5. The summed E-state index contributed by atoms with van der Waals surface area (Å²) in [6.45, 7) is 4.83. The van der Waals surface area contributed by atoms with Crippen molar-refractivity contribution >= 4 is 22.8 Å².